The number of guanidine groups is 1. The molecule has 0 aliphatic heterocycles. The molecule has 0 heterocycles. The van der Waals surface area contributed by atoms with E-state index in [4.69, 9.17) is 10.5 Å². The molecule has 0 aromatic heterocycles. The zero-order valence-corrected chi connectivity index (χ0v) is 14.8. The first-order valence-electron chi connectivity index (χ1n) is 7.99. The number of nitrogens with zero attached hydrogens (tertiary/aromatic N) is 2. The Morgan fingerprint density at radius 1 is 1.20 bits per heavy atom. The lowest BCUT2D eigenvalue weighted by molar-refractivity contribution is -0.130. The molecule has 2 rings (SSSR count). The number of ether oxygens (including phenoxy) is 1. The maximum atomic E-state index is 11.6. The van der Waals surface area contributed by atoms with Crippen molar-refractivity contribution in [3.8, 4) is 5.75 Å². The zero-order chi connectivity index (χ0) is 18.2. The topological polar surface area (TPSA) is 80.0 Å². The number of nitrogens with one attached hydrogen (secondary N) is 1. The summed E-state index contributed by atoms with van der Waals surface area (Å²) in [6, 6.07) is 15.4. The van der Waals surface area contributed by atoms with Crippen LogP contribution in [0.5, 0.6) is 5.75 Å². The molecule has 0 radical (unpaired) electrons. The molecule has 0 atom stereocenters. The van der Waals surface area contributed by atoms with E-state index >= 15 is 0 Å². The fraction of sp³-hybridized carbons (Fsp3) is 0.263. The Balaban J connectivity index is 1.93. The van der Waals surface area contributed by atoms with Crippen molar-refractivity contribution in [3.05, 3.63) is 59.7 Å². The second-order valence-corrected chi connectivity index (χ2v) is 5.92. The maximum absolute atomic E-state index is 11.6. The lowest BCUT2D eigenvalue weighted by Gasteiger charge is -2.11. The minimum Gasteiger partial charge on any atom is -0.484 e. The molecule has 0 fully saturated rings. The summed E-state index contributed by atoms with van der Waals surface area (Å²) in [5.41, 5.74) is 8.93. The van der Waals surface area contributed by atoms with Crippen molar-refractivity contribution in [1.82, 2.24) is 4.90 Å². The van der Waals surface area contributed by atoms with Crippen molar-refractivity contribution in [2.24, 2.45) is 10.7 Å². The van der Waals surface area contributed by atoms with Crippen molar-refractivity contribution in [1.29, 1.82) is 0 Å². The molecule has 0 saturated heterocycles. The van der Waals surface area contributed by atoms with Gasteiger partial charge in [-0.1, -0.05) is 24.3 Å². The van der Waals surface area contributed by atoms with Gasteiger partial charge in [0.05, 0.1) is 6.54 Å². The Morgan fingerprint density at radius 3 is 2.68 bits per heavy atom. The fourth-order valence-electron chi connectivity index (χ4n) is 2.09. The second-order valence-electron chi connectivity index (χ2n) is 5.92. The van der Waals surface area contributed by atoms with Gasteiger partial charge in [0, 0.05) is 19.8 Å². The van der Waals surface area contributed by atoms with Crippen molar-refractivity contribution in [2.45, 2.75) is 13.5 Å². The molecule has 2 aromatic carbocycles. The number of rotatable bonds is 6. The molecule has 0 aliphatic rings. The summed E-state index contributed by atoms with van der Waals surface area (Å²) >= 11 is 0. The third-order valence-electron chi connectivity index (χ3n) is 3.48. The highest BCUT2D eigenvalue weighted by molar-refractivity contribution is 5.92. The summed E-state index contributed by atoms with van der Waals surface area (Å²) in [7, 11) is 3.39. The Bertz CT molecular complexity index is 757. The van der Waals surface area contributed by atoms with Crippen molar-refractivity contribution in [3.63, 3.8) is 0 Å². The lowest BCUT2D eigenvalue weighted by Crippen LogP contribution is -2.27. The molecule has 0 unspecified atom stereocenters. The van der Waals surface area contributed by atoms with Crippen LogP contribution < -0.4 is 15.8 Å². The van der Waals surface area contributed by atoms with Gasteiger partial charge in [0.1, 0.15) is 5.75 Å². The lowest BCUT2D eigenvalue weighted by atomic mass is 10.2. The smallest absolute Gasteiger partial charge is 0.259 e. The minimum absolute atomic E-state index is 0.0107. The highest BCUT2D eigenvalue weighted by atomic mass is 16.5. The predicted molar refractivity (Wildman–Crippen MR) is 101 cm³/mol. The summed E-state index contributed by atoms with van der Waals surface area (Å²) in [6.07, 6.45) is 0. The Labute approximate surface area is 148 Å². The SMILES string of the molecule is Cc1cccc(NC(N)=NCc2cccc(OCC(=O)N(C)C)c2)c1. The van der Waals surface area contributed by atoms with Crippen LogP contribution in [0.1, 0.15) is 11.1 Å². The van der Waals surface area contributed by atoms with Gasteiger partial charge < -0.3 is 20.7 Å². The van der Waals surface area contributed by atoms with Crippen LogP contribution in [0.4, 0.5) is 5.69 Å². The summed E-state index contributed by atoms with van der Waals surface area (Å²) in [5, 5.41) is 3.07. The number of carbonyl (C=O) groups is 1. The molecule has 0 bridgehead atoms. The molecule has 0 saturated carbocycles. The summed E-state index contributed by atoms with van der Waals surface area (Å²) in [6.45, 7) is 2.45. The minimum atomic E-state index is -0.0879. The number of hydrogen-bond donors (Lipinski definition) is 2. The number of hydrogen-bond acceptors (Lipinski definition) is 3. The fourth-order valence-corrected chi connectivity index (χ4v) is 2.09. The van der Waals surface area contributed by atoms with Crippen molar-refractivity contribution < 1.29 is 9.53 Å². The summed E-state index contributed by atoms with van der Waals surface area (Å²) in [4.78, 5) is 17.4. The highest BCUT2D eigenvalue weighted by Gasteiger charge is 2.05. The van der Waals surface area contributed by atoms with Crippen LogP contribution >= 0.6 is 0 Å². The standard InChI is InChI=1S/C19H24N4O2/c1-14-6-4-8-16(10-14)22-19(20)21-12-15-7-5-9-17(11-15)25-13-18(24)23(2)3/h4-11H,12-13H2,1-3H3,(H3,20,21,22). The van der Waals surface area contributed by atoms with E-state index < -0.39 is 0 Å². The molecule has 1 amide bonds. The van der Waals surface area contributed by atoms with Crippen LogP contribution in [-0.4, -0.2) is 37.5 Å². The number of likely N-dealkylation sites (N-methyl/N-ethyl adjacent to an activating group) is 1. The van der Waals surface area contributed by atoms with E-state index in [1.807, 2.05) is 55.5 Å². The molecule has 6 heteroatoms. The molecule has 2 aromatic rings. The van der Waals surface area contributed by atoms with E-state index in [0.717, 1.165) is 16.8 Å². The highest BCUT2D eigenvalue weighted by Crippen LogP contribution is 2.14. The first-order chi connectivity index (χ1) is 11.9. The summed E-state index contributed by atoms with van der Waals surface area (Å²) in [5.74, 6) is 0.892. The second kappa shape index (κ2) is 8.73. The number of benzene rings is 2. The number of aliphatic imine (C=N–C) groups is 1. The first-order valence-corrected chi connectivity index (χ1v) is 7.99. The molecule has 132 valence electrons. The van der Waals surface area contributed by atoms with Crippen molar-refractivity contribution >= 4 is 17.6 Å². The van der Waals surface area contributed by atoms with E-state index in [2.05, 4.69) is 10.3 Å². The number of anilines is 1. The monoisotopic (exact) mass is 340 g/mol. The van der Waals surface area contributed by atoms with Crippen LogP contribution in [0, 0.1) is 6.92 Å². The third-order valence-corrected chi connectivity index (χ3v) is 3.48. The molecule has 0 spiro atoms. The predicted octanol–water partition coefficient (Wildman–Crippen LogP) is 2.39. The van der Waals surface area contributed by atoms with Gasteiger partial charge in [0.2, 0.25) is 0 Å². The zero-order valence-electron chi connectivity index (χ0n) is 14.8. The Kier molecular flexibility index (Phi) is 6.39. The van der Waals surface area contributed by atoms with Crippen molar-refractivity contribution in [2.75, 3.05) is 26.0 Å². The van der Waals surface area contributed by atoms with Crippen LogP contribution in [0.25, 0.3) is 0 Å². The number of aryl methyl sites for hydroxylation is 1. The maximum Gasteiger partial charge on any atom is 0.259 e. The number of carbonyl (C=O) groups excluding carboxylic acids is 1. The van der Waals surface area contributed by atoms with Gasteiger partial charge in [-0.2, -0.15) is 0 Å². The number of nitrogens with two attached hydrogens (primary N) is 1. The Hall–Kier alpha value is -3.02. The third kappa shape index (κ3) is 6.18. The molecule has 0 aliphatic carbocycles. The van der Waals surface area contributed by atoms with Gasteiger partial charge >= 0.3 is 0 Å². The van der Waals surface area contributed by atoms with Gasteiger partial charge in [-0.3, -0.25) is 4.79 Å². The van der Waals surface area contributed by atoms with Gasteiger partial charge in [-0.05, 0) is 42.3 Å². The quantitative estimate of drug-likeness (QED) is 0.625. The van der Waals surface area contributed by atoms with Crippen LogP contribution in [0.3, 0.4) is 0 Å². The molecule has 3 N–H and O–H groups in total. The van der Waals surface area contributed by atoms with Crippen LogP contribution in [-0.2, 0) is 11.3 Å². The average molecular weight is 340 g/mol. The average Bonchev–Trinajstić information content (AvgIpc) is 2.58. The Morgan fingerprint density at radius 2 is 1.96 bits per heavy atom. The van der Waals surface area contributed by atoms with Crippen LogP contribution in [0.2, 0.25) is 0 Å². The van der Waals surface area contributed by atoms with Gasteiger partial charge in [-0.15, -0.1) is 0 Å². The summed E-state index contributed by atoms with van der Waals surface area (Å²) < 4.78 is 5.50. The van der Waals surface area contributed by atoms with E-state index in [1.165, 1.54) is 4.90 Å². The van der Waals surface area contributed by atoms with E-state index in [1.54, 1.807) is 14.1 Å². The first kappa shape index (κ1) is 18.3. The molecule has 25 heavy (non-hydrogen) atoms. The number of amides is 1. The van der Waals surface area contributed by atoms with E-state index in [0.29, 0.717) is 18.3 Å². The molecular weight excluding hydrogens is 316 g/mol. The van der Waals surface area contributed by atoms with Gasteiger partial charge in [0.25, 0.3) is 5.91 Å². The van der Waals surface area contributed by atoms with Gasteiger partial charge in [0.15, 0.2) is 12.6 Å². The largest absolute Gasteiger partial charge is 0.484 e. The normalized spacial score (nSPS) is 11.1. The van der Waals surface area contributed by atoms with Crippen LogP contribution in [0.15, 0.2) is 53.5 Å². The molecular formula is C19H24N4O2. The van der Waals surface area contributed by atoms with E-state index in [-0.39, 0.29) is 12.5 Å². The van der Waals surface area contributed by atoms with E-state index in [9.17, 15) is 4.79 Å². The van der Waals surface area contributed by atoms with Gasteiger partial charge in [-0.25, -0.2) is 4.99 Å². The molecule has 6 nitrogen and oxygen atoms in total.